The lowest BCUT2D eigenvalue weighted by molar-refractivity contribution is 0.434. The van der Waals surface area contributed by atoms with Gasteiger partial charge in [0.1, 0.15) is 5.75 Å². The summed E-state index contributed by atoms with van der Waals surface area (Å²) >= 11 is 6.00. The van der Waals surface area contributed by atoms with Gasteiger partial charge in [0, 0.05) is 29.5 Å². The number of rotatable bonds is 5. The van der Waals surface area contributed by atoms with Crippen LogP contribution in [0.5, 0.6) is 11.8 Å². The molecule has 20 heavy (non-hydrogen) atoms. The molecule has 106 valence electrons. The lowest BCUT2D eigenvalue weighted by Crippen LogP contribution is -2.12. The molecular weight excluding hydrogens is 274 g/mol. The van der Waals surface area contributed by atoms with E-state index >= 15 is 0 Å². The molecule has 0 atom stereocenters. The Morgan fingerprint density at radius 1 is 1.15 bits per heavy atom. The second-order valence-corrected chi connectivity index (χ2v) is 5.06. The lowest BCUT2D eigenvalue weighted by atomic mass is 10.1. The normalized spacial score (nSPS) is 10.6. The van der Waals surface area contributed by atoms with Gasteiger partial charge in [-0.15, -0.1) is 0 Å². The summed E-state index contributed by atoms with van der Waals surface area (Å²) in [5, 5.41) is 3.93. The molecule has 0 aliphatic heterocycles. The fourth-order valence-electron chi connectivity index (χ4n) is 1.91. The number of halogens is 1. The highest BCUT2D eigenvalue weighted by Gasteiger charge is 2.08. The number of nitrogens with zero attached hydrogens (tertiary/aromatic N) is 2. The van der Waals surface area contributed by atoms with Gasteiger partial charge in [0.05, 0.1) is 0 Å². The van der Waals surface area contributed by atoms with E-state index in [1.165, 1.54) is 0 Å². The van der Waals surface area contributed by atoms with Crippen molar-refractivity contribution in [2.24, 2.45) is 0 Å². The zero-order valence-electron chi connectivity index (χ0n) is 11.9. The van der Waals surface area contributed by atoms with E-state index in [0.29, 0.717) is 11.0 Å². The molecule has 0 spiro atoms. The summed E-state index contributed by atoms with van der Waals surface area (Å²) in [7, 11) is 0. The molecule has 0 bridgehead atoms. The summed E-state index contributed by atoms with van der Waals surface area (Å²) < 4.78 is 5.75. The van der Waals surface area contributed by atoms with Gasteiger partial charge in [-0.05, 0) is 43.7 Å². The van der Waals surface area contributed by atoms with Crippen LogP contribution in [0.1, 0.15) is 23.6 Å². The van der Waals surface area contributed by atoms with Crippen LogP contribution >= 0.6 is 11.6 Å². The number of aryl methyl sites for hydroxylation is 2. The molecule has 0 unspecified atom stereocenters. The maximum atomic E-state index is 6.00. The Bertz CT molecular complexity index is 561. The van der Waals surface area contributed by atoms with Crippen LogP contribution < -0.4 is 10.1 Å². The molecule has 4 nitrogen and oxygen atoms in total. The van der Waals surface area contributed by atoms with E-state index in [1.54, 1.807) is 12.4 Å². The maximum Gasteiger partial charge on any atom is 0.321 e. The fraction of sp³-hybridized carbons (Fsp3) is 0.333. The molecule has 2 aromatic rings. The number of nitrogens with one attached hydrogen (secondary N) is 1. The number of hydrogen-bond donors (Lipinski definition) is 1. The average Bonchev–Trinajstić information content (AvgIpc) is 2.42. The van der Waals surface area contributed by atoms with E-state index < -0.39 is 0 Å². The minimum atomic E-state index is 0.346. The smallest absolute Gasteiger partial charge is 0.321 e. The third kappa shape index (κ3) is 3.68. The minimum Gasteiger partial charge on any atom is -0.424 e. The van der Waals surface area contributed by atoms with Crippen molar-refractivity contribution >= 4 is 11.6 Å². The second kappa shape index (κ2) is 6.68. The second-order valence-electron chi connectivity index (χ2n) is 4.62. The van der Waals surface area contributed by atoms with Gasteiger partial charge >= 0.3 is 6.01 Å². The van der Waals surface area contributed by atoms with E-state index in [1.807, 2.05) is 26.0 Å². The van der Waals surface area contributed by atoms with Crippen LogP contribution in [0.25, 0.3) is 0 Å². The predicted octanol–water partition coefficient (Wildman–Crippen LogP) is 3.65. The van der Waals surface area contributed by atoms with E-state index in [-0.39, 0.29) is 0 Å². The topological polar surface area (TPSA) is 47.0 Å². The van der Waals surface area contributed by atoms with Crippen molar-refractivity contribution in [2.75, 3.05) is 6.54 Å². The highest BCUT2D eigenvalue weighted by molar-refractivity contribution is 6.30. The van der Waals surface area contributed by atoms with Crippen molar-refractivity contribution in [2.45, 2.75) is 27.3 Å². The van der Waals surface area contributed by atoms with Crippen molar-refractivity contribution in [1.82, 2.24) is 15.3 Å². The van der Waals surface area contributed by atoms with Crippen LogP contribution in [0.15, 0.2) is 24.5 Å². The molecule has 1 aromatic heterocycles. The lowest BCUT2D eigenvalue weighted by Gasteiger charge is -2.11. The van der Waals surface area contributed by atoms with Crippen LogP contribution in [0.3, 0.4) is 0 Å². The van der Waals surface area contributed by atoms with Crippen molar-refractivity contribution in [3.05, 3.63) is 46.2 Å². The van der Waals surface area contributed by atoms with Gasteiger partial charge in [-0.2, -0.15) is 0 Å². The summed E-state index contributed by atoms with van der Waals surface area (Å²) in [4.78, 5) is 8.45. The first kappa shape index (κ1) is 14.8. The monoisotopic (exact) mass is 291 g/mol. The third-order valence-electron chi connectivity index (χ3n) is 2.88. The first-order valence-corrected chi connectivity index (χ1v) is 6.94. The summed E-state index contributed by atoms with van der Waals surface area (Å²) in [5.41, 5.74) is 2.97. The standard InChI is InChI=1S/C15H18ClN3O/c1-4-17-7-12-8-18-15(19-9-12)20-14-10(2)5-13(16)6-11(14)3/h5-6,8-9,17H,4,7H2,1-3H3. The van der Waals surface area contributed by atoms with Crippen molar-refractivity contribution in [3.8, 4) is 11.8 Å². The Morgan fingerprint density at radius 3 is 2.30 bits per heavy atom. The molecule has 0 aliphatic rings. The Hall–Kier alpha value is -1.65. The quantitative estimate of drug-likeness (QED) is 0.913. The molecule has 5 heteroatoms. The van der Waals surface area contributed by atoms with E-state index in [0.717, 1.165) is 35.5 Å². The molecular formula is C15H18ClN3O. The number of ether oxygens (including phenoxy) is 1. The molecule has 0 saturated heterocycles. The van der Waals surface area contributed by atoms with Gasteiger partial charge in [-0.3, -0.25) is 0 Å². The number of aromatic nitrogens is 2. The largest absolute Gasteiger partial charge is 0.424 e. The average molecular weight is 292 g/mol. The molecule has 1 heterocycles. The highest BCUT2D eigenvalue weighted by atomic mass is 35.5. The molecule has 1 N–H and O–H groups in total. The van der Waals surface area contributed by atoms with E-state index in [2.05, 4.69) is 22.2 Å². The van der Waals surface area contributed by atoms with Crippen LogP contribution in [-0.2, 0) is 6.54 Å². The SMILES string of the molecule is CCNCc1cnc(Oc2c(C)cc(Cl)cc2C)nc1. The molecule has 0 amide bonds. The summed E-state index contributed by atoms with van der Waals surface area (Å²) in [6, 6.07) is 4.08. The summed E-state index contributed by atoms with van der Waals surface area (Å²) in [6.07, 6.45) is 3.54. The molecule has 0 saturated carbocycles. The molecule has 2 rings (SSSR count). The van der Waals surface area contributed by atoms with E-state index in [9.17, 15) is 0 Å². The van der Waals surface area contributed by atoms with E-state index in [4.69, 9.17) is 16.3 Å². The fourth-order valence-corrected chi connectivity index (χ4v) is 2.23. The molecule has 1 aromatic carbocycles. The molecule has 0 aliphatic carbocycles. The zero-order chi connectivity index (χ0) is 14.5. The Kier molecular flexibility index (Phi) is 4.93. The van der Waals surface area contributed by atoms with Gasteiger partial charge in [-0.25, -0.2) is 9.97 Å². The van der Waals surface area contributed by atoms with Gasteiger partial charge in [0.25, 0.3) is 0 Å². The van der Waals surface area contributed by atoms with Crippen LogP contribution in [0.2, 0.25) is 5.02 Å². The Balaban J connectivity index is 2.14. The zero-order valence-corrected chi connectivity index (χ0v) is 12.7. The number of hydrogen-bond acceptors (Lipinski definition) is 4. The van der Waals surface area contributed by atoms with Crippen LogP contribution in [0, 0.1) is 13.8 Å². The first-order valence-electron chi connectivity index (χ1n) is 6.56. The molecule has 0 radical (unpaired) electrons. The molecule has 0 fully saturated rings. The van der Waals surface area contributed by atoms with Crippen molar-refractivity contribution < 1.29 is 4.74 Å². The number of benzene rings is 1. The van der Waals surface area contributed by atoms with Crippen molar-refractivity contribution in [1.29, 1.82) is 0 Å². The first-order chi connectivity index (χ1) is 9.60. The van der Waals surface area contributed by atoms with Gasteiger partial charge < -0.3 is 10.1 Å². The minimum absolute atomic E-state index is 0.346. The van der Waals surface area contributed by atoms with Gasteiger partial charge in [0.2, 0.25) is 0 Å². The predicted molar refractivity (Wildman–Crippen MR) is 80.4 cm³/mol. The Morgan fingerprint density at radius 2 is 1.75 bits per heavy atom. The summed E-state index contributed by atoms with van der Waals surface area (Å²) in [5.74, 6) is 0.758. The van der Waals surface area contributed by atoms with Gasteiger partial charge in [-0.1, -0.05) is 18.5 Å². The van der Waals surface area contributed by atoms with Gasteiger partial charge in [0.15, 0.2) is 0 Å². The maximum absolute atomic E-state index is 6.00. The summed E-state index contributed by atoms with van der Waals surface area (Å²) in [6.45, 7) is 7.64. The third-order valence-corrected chi connectivity index (χ3v) is 3.10. The highest BCUT2D eigenvalue weighted by Crippen LogP contribution is 2.29. The van der Waals surface area contributed by atoms with Crippen LogP contribution in [0.4, 0.5) is 0 Å². The Labute approximate surface area is 124 Å². The van der Waals surface area contributed by atoms with Crippen LogP contribution in [-0.4, -0.2) is 16.5 Å². The van der Waals surface area contributed by atoms with Crippen molar-refractivity contribution in [3.63, 3.8) is 0 Å².